The average Bonchev–Trinajstić information content (AvgIpc) is 3.11. The van der Waals surface area contributed by atoms with E-state index in [2.05, 4.69) is 15.5 Å². The number of nitrogens with one attached hydrogen (secondary N) is 1. The predicted octanol–water partition coefficient (Wildman–Crippen LogP) is 0.504. The Morgan fingerprint density at radius 3 is 2.81 bits per heavy atom. The van der Waals surface area contributed by atoms with E-state index in [0.717, 1.165) is 12.1 Å². The summed E-state index contributed by atoms with van der Waals surface area (Å²) in [4.78, 5) is 22.4. The van der Waals surface area contributed by atoms with Crippen molar-refractivity contribution >= 4 is 11.9 Å². The summed E-state index contributed by atoms with van der Waals surface area (Å²) in [5, 5.41) is 19.5. The van der Waals surface area contributed by atoms with E-state index in [1.54, 1.807) is 17.1 Å². The van der Waals surface area contributed by atoms with Gasteiger partial charge in [0.15, 0.2) is 5.69 Å². The van der Waals surface area contributed by atoms with E-state index in [4.69, 9.17) is 5.11 Å². The molecule has 0 saturated heterocycles. The van der Waals surface area contributed by atoms with Gasteiger partial charge in [-0.1, -0.05) is 0 Å². The fourth-order valence-corrected chi connectivity index (χ4v) is 1.78. The summed E-state index contributed by atoms with van der Waals surface area (Å²) in [6, 6.07) is 1.40. The van der Waals surface area contributed by atoms with Gasteiger partial charge in [0.05, 0.1) is 6.20 Å². The second kappa shape index (κ2) is 6.69. The molecule has 2 N–H and O–H groups in total. The lowest BCUT2D eigenvalue weighted by atomic mass is 10.3. The number of carboxylic acids is 1. The van der Waals surface area contributed by atoms with Crippen molar-refractivity contribution in [1.82, 2.24) is 24.9 Å². The topological polar surface area (TPSA) is 102 Å². The van der Waals surface area contributed by atoms with Crippen LogP contribution in [0.25, 0.3) is 0 Å². The molecule has 0 spiro atoms. The number of nitrogens with zero attached hydrogens (tertiary/aromatic N) is 4. The van der Waals surface area contributed by atoms with Crippen LogP contribution in [0.1, 0.15) is 29.4 Å². The molecule has 0 aliphatic rings. The van der Waals surface area contributed by atoms with E-state index in [1.807, 2.05) is 13.1 Å². The van der Waals surface area contributed by atoms with Gasteiger partial charge in [0.2, 0.25) is 5.91 Å². The number of carbonyl (C=O) groups is 2. The molecule has 1 amide bonds. The van der Waals surface area contributed by atoms with Gasteiger partial charge in [0.25, 0.3) is 0 Å². The van der Waals surface area contributed by atoms with E-state index in [-0.39, 0.29) is 18.0 Å². The summed E-state index contributed by atoms with van der Waals surface area (Å²) >= 11 is 0. The zero-order valence-corrected chi connectivity index (χ0v) is 11.7. The normalized spacial score (nSPS) is 10.5. The van der Waals surface area contributed by atoms with Gasteiger partial charge in [0.1, 0.15) is 0 Å². The molecule has 112 valence electrons. The lowest BCUT2D eigenvalue weighted by Crippen LogP contribution is -2.23. The fourth-order valence-electron chi connectivity index (χ4n) is 1.78. The number of hydrogen-bond donors (Lipinski definition) is 2. The Morgan fingerprint density at radius 2 is 2.19 bits per heavy atom. The summed E-state index contributed by atoms with van der Waals surface area (Å²) in [6.07, 6.45) is 5.38. The largest absolute Gasteiger partial charge is 0.476 e. The maximum absolute atomic E-state index is 11.7. The first-order valence-electron chi connectivity index (χ1n) is 6.63. The molecule has 0 aliphatic carbocycles. The zero-order chi connectivity index (χ0) is 15.2. The molecule has 0 unspecified atom stereocenters. The summed E-state index contributed by atoms with van der Waals surface area (Å²) < 4.78 is 3.23. The van der Waals surface area contributed by atoms with Crippen LogP contribution in [0.2, 0.25) is 0 Å². The van der Waals surface area contributed by atoms with E-state index in [9.17, 15) is 9.59 Å². The molecule has 0 saturated carbocycles. The van der Waals surface area contributed by atoms with Crippen molar-refractivity contribution in [2.24, 2.45) is 0 Å². The SMILES string of the molecule is CCn1cc(CNC(=O)CCn2ccc(C(=O)O)n2)cn1. The van der Waals surface area contributed by atoms with Gasteiger partial charge in [-0.2, -0.15) is 10.2 Å². The monoisotopic (exact) mass is 291 g/mol. The summed E-state index contributed by atoms with van der Waals surface area (Å²) in [6.45, 7) is 3.55. The van der Waals surface area contributed by atoms with Gasteiger partial charge in [0, 0.05) is 44.0 Å². The van der Waals surface area contributed by atoms with Crippen LogP contribution in [0.5, 0.6) is 0 Å². The maximum atomic E-state index is 11.7. The van der Waals surface area contributed by atoms with Gasteiger partial charge in [-0.05, 0) is 13.0 Å². The third-order valence-corrected chi connectivity index (χ3v) is 2.93. The van der Waals surface area contributed by atoms with Crippen molar-refractivity contribution in [3.63, 3.8) is 0 Å². The van der Waals surface area contributed by atoms with Crippen molar-refractivity contribution in [2.75, 3.05) is 0 Å². The molecule has 8 heteroatoms. The molecular formula is C13H17N5O3. The minimum absolute atomic E-state index is 0.0256. The second-order valence-electron chi connectivity index (χ2n) is 4.50. The van der Waals surface area contributed by atoms with Crippen LogP contribution in [0.3, 0.4) is 0 Å². The Bertz CT molecular complexity index is 631. The first kappa shape index (κ1) is 14.8. The number of amides is 1. The minimum Gasteiger partial charge on any atom is -0.476 e. The Morgan fingerprint density at radius 1 is 1.38 bits per heavy atom. The highest BCUT2D eigenvalue weighted by atomic mass is 16.4. The van der Waals surface area contributed by atoms with Crippen LogP contribution >= 0.6 is 0 Å². The summed E-state index contributed by atoms with van der Waals surface area (Å²) in [7, 11) is 0. The lowest BCUT2D eigenvalue weighted by Gasteiger charge is -2.04. The molecule has 0 radical (unpaired) electrons. The fraction of sp³-hybridized carbons (Fsp3) is 0.385. The van der Waals surface area contributed by atoms with Gasteiger partial charge in [-0.15, -0.1) is 0 Å². The first-order chi connectivity index (χ1) is 10.1. The van der Waals surface area contributed by atoms with Crippen molar-refractivity contribution in [2.45, 2.75) is 33.0 Å². The molecule has 0 atom stereocenters. The maximum Gasteiger partial charge on any atom is 0.356 e. The number of carboxylic acid groups (broad SMARTS) is 1. The van der Waals surface area contributed by atoms with Crippen molar-refractivity contribution in [1.29, 1.82) is 0 Å². The molecule has 2 aromatic heterocycles. The van der Waals surface area contributed by atoms with E-state index < -0.39 is 5.97 Å². The van der Waals surface area contributed by atoms with E-state index >= 15 is 0 Å². The third kappa shape index (κ3) is 4.16. The quantitative estimate of drug-likeness (QED) is 0.773. The smallest absolute Gasteiger partial charge is 0.356 e. The minimum atomic E-state index is -1.08. The van der Waals surface area contributed by atoms with Crippen LogP contribution in [0.4, 0.5) is 0 Å². The van der Waals surface area contributed by atoms with Crippen LogP contribution < -0.4 is 5.32 Å². The molecule has 0 aromatic carbocycles. The summed E-state index contributed by atoms with van der Waals surface area (Å²) in [5.74, 6) is -1.20. The molecule has 8 nitrogen and oxygen atoms in total. The molecule has 2 rings (SSSR count). The number of carbonyl (C=O) groups excluding carboxylic acids is 1. The number of hydrogen-bond acceptors (Lipinski definition) is 4. The molecular weight excluding hydrogens is 274 g/mol. The molecule has 2 aromatic rings. The Hall–Kier alpha value is -2.64. The Kier molecular flexibility index (Phi) is 4.70. The second-order valence-corrected chi connectivity index (χ2v) is 4.50. The Balaban J connectivity index is 1.75. The lowest BCUT2D eigenvalue weighted by molar-refractivity contribution is -0.121. The molecule has 0 fully saturated rings. The van der Waals surface area contributed by atoms with Crippen molar-refractivity contribution < 1.29 is 14.7 Å². The first-order valence-corrected chi connectivity index (χ1v) is 6.63. The van der Waals surface area contributed by atoms with Crippen LogP contribution in [-0.2, 0) is 24.4 Å². The molecule has 2 heterocycles. The standard InChI is InChI=1S/C13H17N5O3/c1-2-17-9-10(8-15-17)7-14-12(19)4-6-18-5-3-11(16-18)13(20)21/h3,5,8-9H,2,4,6-7H2,1H3,(H,14,19)(H,20,21). The number of rotatable bonds is 7. The van der Waals surface area contributed by atoms with E-state index in [0.29, 0.717) is 13.1 Å². The predicted molar refractivity (Wildman–Crippen MR) is 73.6 cm³/mol. The van der Waals surface area contributed by atoms with Crippen molar-refractivity contribution in [3.8, 4) is 0 Å². The van der Waals surface area contributed by atoms with Crippen molar-refractivity contribution in [3.05, 3.63) is 35.9 Å². The number of aromatic carboxylic acids is 1. The molecule has 0 aliphatic heterocycles. The highest BCUT2D eigenvalue weighted by molar-refractivity contribution is 5.85. The van der Waals surface area contributed by atoms with Crippen LogP contribution in [0.15, 0.2) is 24.7 Å². The van der Waals surface area contributed by atoms with Crippen LogP contribution in [-0.4, -0.2) is 36.5 Å². The van der Waals surface area contributed by atoms with Crippen LogP contribution in [0, 0.1) is 0 Å². The molecule has 21 heavy (non-hydrogen) atoms. The van der Waals surface area contributed by atoms with Gasteiger partial charge < -0.3 is 10.4 Å². The van der Waals surface area contributed by atoms with Gasteiger partial charge in [-0.25, -0.2) is 4.79 Å². The number of aryl methyl sites for hydroxylation is 2. The third-order valence-electron chi connectivity index (χ3n) is 2.93. The highest BCUT2D eigenvalue weighted by Crippen LogP contribution is 1.99. The number of aromatic nitrogens is 4. The average molecular weight is 291 g/mol. The highest BCUT2D eigenvalue weighted by Gasteiger charge is 2.08. The van der Waals surface area contributed by atoms with E-state index in [1.165, 1.54) is 10.7 Å². The zero-order valence-electron chi connectivity index (χ0n) is 11.7. The molecule has 0 bridgehead atoms. The summed E-state index contributed by atoms with van der Waals surface area (Å²) in [5.41, 5.74) is 0.917. The Labute approximate surface area is 121 Å². The van der Waals surface area contributed by atoms with Gasteiger partial charge >= 0.3 is 5.97 Å². The van der Waals surface area contributed by atoms with Gasteiger partial charge in [-0.3, -0.25) is 14.2 Å².